The summed E-state index contributed by atoms with van der Waals surface area (Å²) in [4.78, 5) is 14.0. The molecule has 0 radical (unpaired) electrons. The van der Waals surface area contributed by atoms with Crippen LogP contribution in [0.5, 0.6) is 0 Å². The minimum absolute atomic E-state index is 0.552. The summed E-state index contributed by atoms with van der Waals surface area (Å²) in [5.74, 6) is 0. The van der Waals surface area contributed by atoms with Crippen LogP contribution in [0.2, 0.25) is 0 Å². The Balaban J connectivity index is 1.36. The van der Waals surface area contributed by atoms with E-state index in [4.69, 9.17) is 31.0 Å². The third-order valence-electron chi connectivity index (χ3n) is 8.48. The van der Waals surface area contributed by atoms with Crippen molar-refractivity contribution in [2.24, 2.45) is 15.7 Å². The van der Waals surface area contributed by atoms with Gasteiger partial charge in [-0.1, -0.05) is 50.6 Å². The number of aromatic nitrogens is 1. The minimum atomic E-state index is 0.552. The Morgan fingerprint density at radius 2 is 0.923 bits per heavy atom. The van der Waals surface area contributed by atoms with Gasteiger partial charge in [0.25, 0.3) is 0 Å². The number of H-pyrrole nitrogens is 1. The van der Waals surface area contributed by atoms with Crippen molar-refractivity contribution in [1.29, 1.82) is 0 Å². The molecule has 257 valence electrons. The van der Waals surface area contributed by atoms with Crippen LogP contribution in [-0.2, 0) is 15.3 Å². The molecular weight excluding hydrogens is 951 g/mol. The Hall–Kier alpha value is -3.96. The van der Waals surface area contributed by atoms with Gasteiger partial charge in [-0.05, 0) is 23.8 Å². The average molecular weight is 979 g/mol. The number of aliphatic imine (C=N–C) groups is 2. The molecule has 4 nitrogen and oxygen atoms in total. The Bertz CT molecular complexity index is 2440. The molecule has 0 bridgehead atoms. The standard InChI is InChI=1S/C43H28Br4N4.Co/c1-2-35(48)41(27-5-13-31(45)14-6-27)36-21-22-39(50-36)43(29-9-17-33(47)18-10-29)40-24-23-38(51-40)42(28-7-15-32(46)16-8-28)37-20-19-34(49-37)25-26-3-11-30(44)12-4-26;/h2-24,51H,1,48H2;/b41-35-,42-37-,43-39-;. The third-order valence-corrected chi connectivity index (χ3v) is 11.2. The van der Waals surface area contributed by atoms with Crippen LogP contribution >= 0.6 is 63.7 Å². The molecule has 0 amide bonds. The second-order valence-corrected chi connectivity index (χ2v) is 16.0. The Labute approximate surface area is 344 Å². The summed E-state index contributed by atoms with van der Waals surface area (Å²) in [7, 11) is 0. The normalized spacial score (nSPS) is 16.0. The molecule has 3 heterocycles. The van der Waals surface area contributed by atoms with Crippen LogP contribution < -0.4 is 5.73 Å². The maximum absolute atomic E-state index is 6.53. The third kappa shape index (κ3) is 7.85. The molecule has 4 aromatic carbocycles. The van der Waals surface area contributed by atoms with Crippen LogP contribution in [0.15, 0.2) is 191 Å². The second kappa shape index (κ2) is 16.0. The summed E-state index contributed by atoms with van der Waals surface area (Å²) in [5.41, 5.74) is 18.8. The molecule has 2 aliphatic heterocycles. The van der Waals surface area contributed by atoms with E-state index in [0.717, 1.165) is 95.5 Å². The van der Waals surface area contributed by atoms with Gasteiger partial charge in [-0.3, -0.25) is 0 Å². The molecule has 3 N–H and O–H groups in total. The first kappa shape index (κ1) is 36.4. The molecule has 5 aromatic rings. The molecule has 0 fully saturated rings. The minimum Gasteiger partial charge on any atom is -0.0531 e. The van der Waals surface area contributed by atoms with Crippen LogP contribution in [0.1, 0.15) is 33.6 Å². The molecule has 52 heavy (non-hydrogen) atoms. The van der Waals surface area contributed by atoms with Gasteiger partial charge >= 0.3 is 247 Å². The van der Waals surface area contributed by atoms with E-state index in [1.165, 1.54) is 0 Å². The Morgan fingerprint density at radius 3 is 1.37 bits per heavy atom. The molecule has 9 heteroatoms. The van der Waals surface area contributed by atoms with Gasteiger partial charge in [0.15, 0.2) is 0 Å². The number of hydrogen-bond acceptors (Lipinski definition) is 3. The number of benzene rings is 4. The number of nitrogens with one attached hydrogen (secondary N) is 1. The number of halogens is 4. The maximum atomic E-state index is 6.53. The number of nitrogens with zero attached hydrogens (tertiary/aromatic N) is 2. The first-order valence-electron chi connectivity index (χ1n) is 16.1. The molecule has 0 aliphatic carbocycles. The number of aromatic amines is 1. The van der Waals surface area contributed by atoms with E-state index >= 15 is 0 Å². The van der Waals surface area contributed by atoms with Crippen LogP contribution in [0, 0.1) is 0 Å². The van der Waals surface area contributed by atoms with Crippen LogP contribution in [-0.4, -0.2) is 20.9 Å². The van der Waals surface area contributed by atoms with Crippen molar-refractivity contribution < 1.29 is 15.3 Å². The quantitative estimate of drug-likeness (QED) is 0.142. The molecular formula is C43H28Br4CoN4. The van der Waals surface area contributed by atoms with E-state index in [0.29, 0.717) is 5.70 Å². The van der Waals surface area contributed by atoms with Crippen molar-refractivity contribution >= 4 is 96.3 Å². The SMILES string of the molecule is C=C/C(N)=C(C1=N/C(=C(/c2ccc(Br)cc2)c2ccc(/C(=C3/C=CC([C](=[Co])c4ccc(Br)cc4)=N3)c3ccc(Br)cc3)[nH]2)C=C1)\c1ccc(Br)cc1. The van der Waals surface area contributed by atoms with E-state index < -0.39 is 0 Å². The summed E-state index contributed by atoms with van der Waals surface area (Å²) in [6, 6.07) is 36.8. The number of rotatable bonds is 9. The fourth-order valence-corrected chi connectivity index (χ4v) is 7.35. The summed E-state index contributed by atoms with van der Waals surface area (Å²) >= 11 is 19.2. The molecule has 0 unspecified atom stereocenters. The van der Waals surface area contributed by atoms with Gasteiger partial charge in [-0.25, -0.2) is 0 Å². The van der Waals surface area contributed by atoms with Crippen molar-refractivity contribution in [2.45, 2.75) is 0 Å². The molecule has 0 spiro atoms. The predicted molar refractivity (Wildman–Crippen MR) is 228 cm³/mol. The summed E-state index contributed by atoms with van der Waals surface area (Å²) in [6.45, 7) is 3.95. The van der Waals surface area contributed by atoms with Crippen molar-refractivity contribution in [2.75, 3.05) is 0 Å². The van der Waals surface area contributed by atoms with Gasteiger partial charge in [-0.15, -0.1) is 0 Å². The Kier molecular flexibility index (Phi) is 11.2. The number of nitrogens with two attached hydrogens (primary N) is 1. The molecule has 0 atom stereocenters. The van der Waals surface area contributed by atoms with Gasteiger partial charge in [0.1, 0.15) is 0 Å². The van der Waals surface area contributed by atoms with Gasteiger partial charge in [-0.2, -0.15) is 0 Å². The monoisotopic (exact) mass is 975 g/mol. The molecule has 0 saturated heterocycles. The van der Waals surface area contributed by atoms with E-state index in [1.54, 1.807) is 6.08 Å². The summed E-state index contributed by atoms with van der Waals surface area (Å²) in [5, 5.41) is 0. The van der Waals surface area contributed by atoms with Crippen molar-refractivity contribution in [3.8, 4) is 0 Å². The summed E-state index contributed by atoms with van der Waals surface area (Å²) in [6.07, 6.45) is 9.78. The van der Waals surface area contributed by atoms with Crippen molar-refractivity contribution in [1.82, 2.24) is 4.98 Å². The zero-order valence-electron chi connectivity index (χ0n) is 27.3. The van der Waals surface area contributed by atoms with Crippen LogP contribution in [0.3, 0.4) is 0 Å². The first-order valence-corrected chi connectivity index (χ1v) is 19.8. The van der Waals surface area contributed by atoms with Gasteiger partial charge in [0.05, 0.1) is 0 Å². The smallest absolute Gasteiger partial charge is 0.0531 e. The second-order valence-electron chi connectivity index (χ2n) is 11.8. The van der Waals surface area contributed by atoms with E-state index in [2.05, 4.69) is 112 Å². The van der Waals surface area contributed by atoms with E-state index in [-0.39, 0.29) is 0 Å². The van der Waals surface area contributed by atoms with Crippen molar-refractivity contribution in [3.05, 3.63) is 215 Å². The van der Waals surface area contributed by atoms with Gasteiger partial charge < -0.3 is 5.73 Å². The number of allylic oxidation sites excluding steroid dienone is 6. The molecule has 1 aromatic heterocycles. The Morgan fingerprint density at radius 1 is 0.538 bits per heavy atom. The predicted octanol–water partition coefficient (Wildman–Crippen LogP) is 11.9. The summed E-state index contributed by atoms with van der Waals surface area (Å²) < 4.78 is 4.78. The first-order chi connectivity index (χ1) is 25.2. The van der Waals surface area contributed by atoms with Gasteiger partial charge in [0, 0.05) is 20.2 Å². The zero-order chi connectivity index (χ0) is 36.4. The molecule has 7 rings (SSSR count). The van der Waals surface area contributed by atoms with Crippen LogP contribution in [0.4, 0.5) is 0 Å². The average Bonchev–Trinajstić information content (AvgIpc) is 3.94. The van der Waals surface area contributed by atoms with Gasteiger partial charge in [0.2, 0.25) is 0 Å². The van der Waals surface area contributed by atoms with E-state index in [9.17, 15) is 0 Å². The topological polar surface area (TPSA) is 66.5 Å². The number of hydrogen-bond donors (Lipinski definition) is 2. The fraction of sp³-hybridized carbons (Fsp3) is 0. The molecule has 2 aliphatic rings. The fourth-order valence-electron chi connectivity index (χ4n) is 5.98. The molecule has 0 saturated carbocycles. The zero-order valence-corrected chi connectivity index (χ0v) is 34.7. The van der Waals surface area contributed by atoms with Crippen molar-refractivity contribution in [3.63, 3.8) is 0 Å². The van der Waals surface area contributed by atoms with Crippen LogP contribution in [0.25, 0.3) is 16.7 Å². The van der Waals surface area contributed by atoms with E-state index in [1.807, 2.05) is 97.1 Å².